The van der Waals surface area contributed by atoms with Gasteiger partial charge in [0.05, 0.1) is 29.5 Å². The predicted molar refractivity (Wildman–Crippen MR) is 106 cm³/mol. The van der Waals surface area contributed by atoms with Crippen molar-refractivity contribution in [2.75, 3.05) is 18.4 Å². The van der Waals surface area contributed by atoms with E-state index < -0.39 is 17.6 Å². The minimum absolute atomic E-state index is 0.0582. The highest BCUT2D eigenvalue weighted by Crippen LogP contribution is 2.31. The molecular weight excluding hydrogens is 438 g/mol. The van der Waals surface area contributed by atoms with Gasteiger partial charge in [-0.1, -0.05) is 27.5 Å². The van der Waals surface area contributed by atoms with Crippen LogP contribution >= 0.6 is 27.5 Å². The molecule has 27 heavy (non-hydrogen) atoms. The first-order valence-corrected chi connectivity index (χ1v) is 9.35. The summed E-state index contributed by atoms with van der Waals surface area (Å²) in [5.41, 5.74) is 5.09. The van der Waals surface area contributed by atoms with Crippen molar-refractivity contribution >= 4 is 44.8 Å². The molecule has 0 spiro atoms. The number of benzene rings is 1. The van der Waals surface area contributed by atoms with Crippen LogP contribution in [0.25, 0.3) is 0 Å². The zero-order valence-electron chi connectivity index (χ0n) is 14.7. The van der Waals surface area contributed by atoms with Crippen LogP contribution in [0, 0.1) is 0 Å². The second kappa shape index (κ2) is 7.23. The lowest BCUT2D eigenvalue weighted by atomic mass is 9.87. The molecule has 8 nitrogen and oxygen atoms in total. The fraction of sp³-hybridized carbons (Fsp3) is 0.353. The fourth-order valence-electron chi connectivity index (χ4n) is 2.72. The molecule has 0 unspecified atom stereocenters. The highest BCUT2D eigenvalue weighted by Gasteiger charge is 2.47. The second-order valence-corrected chi connectivity index (χ2v) is 7.99. The molecule has 1 aliphatic rings. The van der Waals surface area contributed by atoms with Gasteiger partial charge in [0.25, 0.3) is 11.5 Å². The largest absolute Gasteiger partial charge is 0.385 e. The number of rotatable bonds is 4. The number of hydrogen-bond acceptors (Lipinski definition) is 6. The standard InChI is InChI=1S/C17H19BrClN5O3/c1-9(20)17(27)7-24(8-17)16(26)15-13(6-14(25)23(2)22-15)21-12-4-3-10(18)5-11(12)19/h3-6,9,21,27H,7-8,20H2,1-2H3/t9-/m0/s1. The molecular formula is C17H19BrClN5O3. The molecule has 2 aromatic rings. The number of β-amino-alcohol motifs (C(OH)–C–C–N with tert-alkyl or cyclic N) is 1. The maximum atomic E-state index is 12.9. The highest BCUT2D eigenvalue weighted by atomic mass is 79.9. The number of aromatic nitrogens is 2. The van der Waals surface area contributed by atoms with E-state index in [1.165, 1.54) is 18.0 Å². The average molecular weight is 457 g/mol. The topological polar surface area (TPSA) is 113 Å². The number of nitrogens with two attached hydrogens (primary N) is 1. The first kappa shape index (κ1) is 19.8. The van der Waals surface area contributed by atoms with E-state index in [4.69, 9.17) is 17.3 Å². The molecule has 10 heteroatoms. The van der Waals surface area contributed by atoms with Crippen LogP contribution in [0.3, 0.4) is 0 Å². The molecule has 1 aromatic heterocycles. The summed E-state index contributed by atoms with van der Waals surface area (Å²) >= 11 is 9.54. The number of amides is 1. The van der Waals surface area contributed by atoms with E-state index in [1.807, 2.05) is 0 Å². The summed E-state index contributed by atoms with van der Waals surface area (Å²) < 4.78 is 1.88. The molecule has 0 aliphatic carbocycles. The van der Waals surface area contributed by atoms with Gasteiger partial charge < -0.3 is 21.1 Å². The van der Waals surface area contributed by atoms with E-state index in [9.17, 15) is 14.7 Å². The fourth-order valence-corrected chi connectivity index (χ4v) is 3.44. The lowest BCUT2D eigenvalue weighted by molar-refractivity contribution is -0.0933. The van der Waals surface area contributed by atoms with Crippen molar-refractivity contribution in [2.24, 2.45) is 12.8 Å². The van der Waals surface area contributed by atoms with Crippen LogP contribution in [-0.4, -0.2) is 50.4 Å². The Morgan fingerprint density at radius 1 is 1.41 bits per heavy atom. The number of likely N-dealkylation sites (tertiary alicyclic amines) is 1. The van der Waals surface area contributed by atoms with Crippen LogP contribution in [0.4, 0.5) is 11.4 Å². The van der Waals surface area contributed by atoms with Crippen LogP contribution in [0.1, 0.15) is 17.4 Å². The normalized spacial score (nSPS) is 16.6. The van der Waals surface area contributed by atoms with Crippen molar-refractivity contribution in [2.45, 2.75) is 18.6 Å². The van der Waals surface area contributed by atoms with E-state index in [-0.39, 0.29) is 30.0 Å². The van der Waals surface area contributed by atoms with Gasteiger partial charge in [-0.05, 0) is 25.1 Å². The van der Waals surface area contributed by atoms with Gasteiger partial charge in [0, 0.05) is 23.6 Å². The molecule has 1 atom stereocenters. The Balaban J connectivity index is 1.92. The Morgan fingerprint density at radius 2 is 2.07 bits per heavy atom. The van der Waals surface area contributed by atoms with E-state index >= 15 is 0 Å². The van der Waals surface area contributed by atoms with E-state index in [1.54, 1.807) is 25.1 Å². The van der Waals surface area contributed by atoms with Gasteiger partial charge in [-0.2, -0.15) is 5.10 Å². The molecule has 1 fully saturated rings. The smallest absolute Gasteiger partial charge is 0.276 e. The number of halogens is 2. The number of nitrogens with one attached hydrogen (secondary N) is 1. The van der Waals surface area contributed by atoms with Crippen molar-refractivity contribution in [3.8, 4) is 0 Å². The van der Waals surface area contributed by atoms with Crippen LogP contribution in [0.15, 0.2) is 33.5 Å². The number of aryl methyl sites for hydroxylation is 1. The summed E-state index contributed by atoms with van der Waals surface area (Å²) in [6.45, 7) is 1.90. The van der Waals surface area contributed by atoms with Crippen molar-refractivity contribution < 1.29 is 9.90 Å². The number of nitrogens with zero attached hydrogens (tertiary/aromatic N) is 3. The van der Waals surface area contributed by atoms with Crippen molar-refractivity contribution in [3.05, 3.63) is 49.8 Å². The van der Waals surface area contributed by atoms with Crippen LogP contribution < -0.4 is 16.6 Å². The molecule has 4 N–H and O–H groups in total. The van der Waals surface area contributed by atoms with Gasteiger partial charge >= 0.3 is 0 Å². The van der Waals surface area contributed by atoms with Crippen LogP contribution in [-0.2, 0) is 7.05 Å². The third-order valence-electron chi connectivity index (χ3n) is 4.56. The zero-order chi connectivity index (χ0) is 19.9. The van der Waals surface area contributed by atoms with Gasteiger partial charge in [-0.15, -0.1) is 0 Å². The zero-order valence-corrected chi connectivity index (χ0v) is 17.1. The van der Waals surface area contributed by atoms with Gasteiger partial charge in [0.1, 0.15) is 5.60 Å². The van der Waals surface area contributed by atoms with Crippen molar-refractivity contribution in [3.63, 3.8) is 0 Å². The van der Waals surface area contributed by atoms with Crippen LogP contribution in [0.5, 0.6) is 0 Å². The first-order chi connectivity index (χ1) is 12.6. The van der Waals surface area contributed by atoms with E-state index in [2.05, 4.69) is 26.3 Å². The number of carbonyl (C=O) groups is 1. The second-order valence-electron chi connectivity index (χ2n) is 6.67. The maximum Gasteiger partial charge on any atom is 0.276 e. The summed E-state index contributed by atoms with van der Waals surface area (Å²) in [5, 5.41) is 17.8. The molecule has 1 aromatic carbocycles. The Bertz CT molecular complexity index is 956. The van der Waals surface area contributed by atoms with Crippen molar-refractivity contribution in [1.82, 2.24) is 14.7 Å². The molecule has 1 aliphatic heterocycles. The molecule has 0 bridgehead atoms. The minimum Gasteiger partial charge on any atom is -0.385 e. The lowest BCUT2D eigenvalue weighted by Gasteiger charge is -2.48. The monoisotopic (exact) mass is 455 g/mol. The Labute approximate surface area is 169 Å². The maximum absolute atomic E-state index is 12.9. The lowest BCUT2D eigenvalue weighted by Crippen LogP contribution is -2.70. The van der Waals surface area contributed by atoms with Gasteiger partial charge in [-0.25, -0.2) is 4.68 Å². The number of anilines is 2. The molecule has 3 rings (SSSR count). The summed E-state index contributed by atoms with van der Waals surface area (Å²) in [7, 11) is 1.46. The highest BCUT2D eigenvalue weighted by molar-refractivity contribution is 9.10. The third-order valence-corrected chi connectivity index (χ3v) is 5.37. The SMILES string of the molecule is C[C@H](N)C1(O)CN(C(=O)c2nn(C)c(=O)cc2Nc2ccc(Br)cc2Cl)C1. The molecule has 1 amide bonds. The summed E-state index contributed by atoms with van der Waals surface area (Å²) in [4.78, 5) is 26.3. The Hall–Kier alpha value is -1.94. The Kier molecular flexibility index (Phi) is 5.31. The molecule has 0 saturated carbocycles. The number of aliphatic hydroxyl groups is 1. The quantitative estimate of drug-likeness (QED) is 0.642. The number of hydrogen-bond donors (Lipinski definition) is 3. The predicted octanol–water partition coefficient (Wildman–Crippen LogP) is 1.47. The minimum atomic E-state index is -1.11. The van der Waals surface area contributed by atoms with E-state index in [0.29, 0.717) is 10.7 Å². The summed E-state index contributed by atoms with van der Waals surface area (Å²) in [5.74, 6) is -0.411. The molecule has 1 saturated heterocycles. The number of carbonyl (C=O) groups excluding carboxylic acids is 1. The average Bonchev–Trinajstić information content (AvgIpc) is 2.56. The van der Waals surface area contributed by atoms with Gasteiger partial charge in [0.15, 0.2) is 5.69 Å². The summed E-state index contributed by atoms with van der Waals surface area (Å²) in [6, 6.07) is 6.02. The van der Waals surface area contributed by atoms with Gasteiger partial charge in [0.2, 0.25) is 0 Å². The van der Waals surface area contributed by atoms with E-state index in [0.717, 1.165) is 9.15 Å². The third kappa shape index (κ3) is 3.86. The van der Waals surface area contributed by atoms with Crippen LogP contribution in [0.2, 0.25) is 5.02 Å². The Morgan fingerprint density at radius 3 is 2.67 bits per heavy atom. The summed E-state index contributed by atoms with van der Waals surface area (Å²) in [6.07, 6.45) is 0. The first-order valence-electron chi connectivity index (χ1n) is 8.18. The molecule has 0 radical (unpaired) electrons. The molecule has 144 valence electrons. The van der Waals surface area contributed by atoms with Gasteiger partial charge in [-0.3, -0.25) is 9.59 Å². The van der Waals surface area contributed by atoms with Crippen molar-refractivity contribution in [1.29, 1.82) is 0 Å². The molecule has 2 heterocycles.